The molecule has 1 aliphatic heterocycles. The van der Waals surface area contributed by atoms with Crippen molar-refractivity contribution in [1.29, 1.82) is 0 Å². The van der Waals surface area contributed by atoms with Crippen LogP contribution in [-0.4, -0.2) is 55.4 Å². The summed E-state index contributed by atoms with van der Waals surface area (Å²) >= 11 is 6.09. The molecule has 1 amide bonds. The minimum absolute atomic E-state index is 0.282. The van der Waals surface area contributed by atoms with Gasteiger partial charge in [0, 0.05) is 48.6 Å². The monoisotopic (exact) mass is 529 g/mol. The lowest BCUT2D eigenvalue weighted by atomic mass is 9.80. The zero-order valence-electron chi connectivity index (χ0n) is 22.4. The first-order chi connectivity index (χ1) is 18.1. The summed E-state index contributed by atoms with van der Waals surface area (Å²) in [6.45, 7) is 4.32. The van der Waals surface area contributed by atoms with Crippen LogP contribution in [0, 0.1) is 17.8 Å². The standard InChI is InChI=1S/C30H44ClN3O3/c1-36-20-23-4-2-22(3-5-23)18-29(35)32-26-9-6-21(7-10-26)12-15-34-16-13-24(14-17-34)30-27-11-8-25(31)19-28(27)37-33-30/h8,11,19,21-24,26H,2-7,9-10,12-18,20H2,1H3,(H,32,35). The van der Waals surface area contributed by atoms with Gasteiger partial charge in [0.15, 0.2) is 5.58 Å². The second-order valence-corrected chi connectivity index (χ2v) is 12.4. The van der Waals surface area contributed by atoms with Crippen molar-refractivity contribution in [2.24, 2.45) is 17.8 Å². The number of likely N-dealkylation sites (tertiary alicyclic amines) is 1. The van der Waals surface area contributed by atoms with E-state index in [2.05, 4.69) is 15.4 Å². The van der Waals surface area contributed by atoms with Gasteiger partial charge in [0.05, 0.1) is 5.69 Å². The van der Waals surface area contributed by atoms with E-state index < -0.39 is 0 Å². The first-order valence-corrected chi connectivity index (χ1v) is 15.0. The maximum atomic E-state index is 12.6. The maximum absolute atomic E-state index is 12.6. The van der Waals surface area contributed by atoms with Crippen LogP contribution in [0.1, 0.15) is 88.7 Å². The third-order valence-corrected chi connectivity index (χ3v) is 9.58. The summed E-state index contributed by atoms with van der Waals surface area (Å²) in [7, 11) is 1.79. The molecule has 0 bridgehead atoms. The zero-order valence-corrected chi connectivity index (χ0v) is 23.2. The summed E-state index contributed by atoms with van der Waals surface area (Å²) < 4.78 is 10.8. The molecule has 0 spiro atoms. The number of halogens is 1. The van der Waals surface area contributed by atoms with E-state index in [1.807, 2.05) is 18.2 Å². The van der Waals surface area contributed by atoms with Gasteiger partial charge in [0.25, 0.3) is 0 Å². The number of nitrogens with one attached hydrogen (secondary N) is 1. The smallest absolute Gasteiger partial charge is 0.220 e. The van der Waals surface area contributed by atoms with Gasteiger partial charge in [-0.15, -0.1) is 0 Å². The van der Waals surface area contributed by atoms with Crippen LogP contribution in [0.25, 0.3) is 11.0 Å². The molecule has 1 saturated heterocycles. The van der Waals surface area contributed by atoms with Crippen LogP contribution in [-0.2, 0) is 9.53 Å². The number of amides is 1. The van der Waals surface area contributed by atoms with Gasteiger partial charge >= 0.3 is 0 Å². The molecule has 5 rings (SSSR count). The lowest BCUT2D eigenvalue weighted by Gasteiger charge is -2.34. The Balaban J connectivity index is 0.963. The van der Waals surface area contributed by atoms with E-state index >= 15 is 0 Å². The van der Waals surface area contributed by atoms with Crippen molar-refractivity contribution in [3.63, 3.8) is 0 Å². The fourth-order valence-corrected chi connectivity index (χ4v) is 7.16. The van der Waals surface area contributed by atoms with Crippen molar-refractivity contribution < 1.29 is 14.1 Å². The van der Waals surface area contributed by atoms with Gasteiger partial charge in [-0.05, 0) is 120 Å². The second kappa shape index (κ2) is 12.9. The Bertz CT molecular complexity index is 1000. The van der Waals surface area contributed by atoms with Crippen molar-refractivity contribution in [1.82, 2.24) is 15.4 Å². The molecule has 2 saturated carbocycles. The molecule has 37 heavy (non-hydrogen) atoms. The number of piperidine rings is 1. The van der Waals surface area contributed by atoms with E-state index in [0.717, 1.165) is 68.0 Å². The Hall–Kier alpha value is -1.63. The summed E-state index contributed by atoms with van der Waals surface area (Å²) in [6.07, 6.45) is 13.8. The first kappa shape index (κ1) is 27.0. The molecule has 7 heteroatoms. The summed E-state index contributed by atoms with van der Waals surface area (Å²) in [5.74, 6) is 2.81. The van der Waals surface area contributed by atoms with Gasteiger partial charge in [0.1, 0.15) is 0 Å². The van der Waals surface area contributed by atoms with E-state index in [1.54, 1.807) is 7.11 Å². The zero-order chi connectivity index (χ0) is 25.6. The number of ether oxygens (including phenoxy) is 1. The van der Waals surface area contributed by atoms with Crippen LogP contribution in [0.2, 0.25) is 5.02 Å². The molecule has 204 valence electrons. The average molecular weight is 530 g/mol. The fraction of sp³-hybridized carbons (Fsp3) is 0.733. The minimum atomic E-state index is 0.282. The average Bonchev–Trinajstić information content (AvgIpc) is 3.33. The minimum Gasteiger partial charge on any atom is -0.384 e. The third-order valence-electron chi connectivity index (χ3n) is 9.34. The van der Waals surface area contributed by atoms with Crippen LogP contribution < -0.4 is 5.32 Å². The van der Waals surface area contributed by atoms with Crippen molar-refractivity contribution in [3.8, 4) is 0 Å². The molecule has 2 aromatic rings. The van der Waals surface area contributed by atoms with Gasteiger partial charge in [-0.2, -0.15) is 0 Å². The molecule has 3 aliphatic rings. The van der Waals surface area contributed by atoms with Gasteiger partial charge in [-0.1, -0.05) is 16.8 Å². The van der Waals surface area contributed by atoms with Crippen LogP contribution in [0.15, 0.2) is 22.7 Å². The quantitative estimate of drug-likeness (QED) is 0.398. The molecular weight excluding hydrogens is 486 g/mol. The molecule has 1 aromatic carbocycles. The van der Waals surface area contributed by atoms with E-state index in [9.17, 15) is 4.79 Å². The van der Waals surface area contributed by atoms with Gasteiger partial charge < -0.3 is 19.5 Å². The summed E-state index contributed by atoms with van der Waals surface area (Å²) in [5, 5.41) is 9.56. The summed E-state index contributed by atoms with van der Waals surface area (Å²) in [5.41, 5.74) is 1.90. The van der Waals surface area contributed by atoms with Crippen LogP contribution in [0.4, 0.5) is 0 Å². The molecule has 0 radical (unpaired) electrons. The Labute approximate surface area is 226 Å². The Morgan fingerprint density at radius 2 is 1.73 bits per heavy atom. The summed E-state index contributed by atoms with van der Waals surface area (Å²) in [6, 6.07) is 6.22. The number of methoxy groups -OCH3 is 1. The van der Waals surface area contributed by atoms with Crippen LogP contribution in [0.3, 0.4) is 0 Å². The highest BCUT2D eigenvalue weighted by molar-refractivity contribution is 6.31. The van der Waals surface area contributed by atoms with Crippen LogP contribution in [0.5, 0.6) is 0 Å². The molecular formula is C30H44ClN3O3. The molecule has 1 N–H and O–H groups in total. The van der Waals surface area contributed by atoms with E-state index in [0.29, 0.717) is 35.2 Å². The lowest BCUT2D eigenvalue weighted by molar-refractivity contribution is -0.123. The van der Waals surface area contributed by atoms with Gasteiger partial charge in [-0.25, -0.2) is 0 Å². The van der Waals surface area contributed by atoms with Crippen molar-refractivity contribution in [2.75, 3.05) is 33.4 Å². The number of carbonyl (C=O) groups excluding carboxylic acids is 1. The Kier molecular flexibility index (Phi) is 9.43. The third kappa shape index (κ3) is 7.27. The highest BCUT2D eigenvalue weighted by Gasteiger charge is 2.28. The Morgan fingerprint density at radius 1 is 1.03 bits per heavy atom. The number of fused-ring (bicyclic) bond motifs is 1. The second-order valence-electron chi connectivity index (χ2n) is 11.9. The first-order valence-electron chi connectivity index (χ1n) is 14.6. The van der Waals surface area contributed by atoms with Crippen LogP contribution >= 0.6 is 11.6 Å². The number of benzene rings is 1. The number of nitrogens with zero attached hydrogens (tertiary/aromatic N) is 2. The highest BCUT2D eigenvalue weighted by atomic mass is 35.5. The predicted molar refractivity (Wildman–Crippen MR) is 148 cm³/mol. The van der Waals surface area contributed by atoms with Gasteiger partial charge in [0.2, 0.25) is 5.91 Å². The predicted octanol–water partition coefficient (Wildman–Crippen LogP) is 6.57. The highest BCUT2D eigenvalue weighted by Crippen LogP contribution is 2.35. The van der Waals surface area contributed by atoms with Crippen molar-refractivity contribution in [2.45, 2.75) is 89.0 Å². The topological polar surface area (TPSA) is 67.6 Å². The number of hydrogen-bond donors (Lipinski definition) is 1. The molecule has 6 nitrogen and oxygen atoms in total. The lowest BCUT2D eigenvalue weighted by Crippen LogP contribution is -2.39. The SMILES string of the molecule is COCC1CCC(CC(=O)NC2CCC(CCN3CCC(c4noc5cc(Cl)ccc45)CC3)CC2)CC1. The largest absolute Gasteiger partial charge is 0.384 e. The molecule has 2 aliphatic carbocycles. The number of hydrogen-bond acceptors (Lipinski definition) is 5. The fourth-order valence-electron chi connectivity index (χ4n) is 7.00. The maximum Gasteiger partial charge on any atom is 0.220 e. The molecule has 0 atom stereocenters. The molecule has 3 fully saturated rings. The molecule has 2 heterocycles. The molecule has 0 unspecified atom stereocenters. The molecule has 1 aromatic heterocycles. The van der Waals surface area contributed by atoms with E-state index in [-0.39, 0.29) is 5.91 Å². The van der Waals surface area contributed by atoms with E-state index in [1.165, 1.54) is 51.5 Å². The number of rotatable bonds is 9. The summed E-state index contributed by atoms with van der Waals surface area (Å²) in [4.78, 5) is 15.3. The van der Waals surface area contributed by atoms with Crippen molar-refractivity contribution in [3.05, 3.63) is 28.9 Å². The Morgan fingerprint density at radius 3 is 2.46 bits per heavy atom. The normalized spacial score (nSPS) is 27.9. The van der Waals surface area contributed by atoms with Crippen molar-refractivity contribution >= 4 is 28.5 Å². The van der Waals surface area contributed by atoms with E-state index in [4.69, 9.17) is 20.9 Å². The number of carbonyl (C=O) groups is 1. The van der Waals surface area contributed by atoms with Gasteiger partial charge in [-0.3, -0.25) is 4.79 Å². The number of aromatic nitrogens is 1.